The lowest BCUT2D eigenvalue weighted by Crippen LogP contribution is -2.39. The van der Waals surface area contributed by atoms with Crippen molar-refractivity contribution in [2.75, 3.05) is 10.3 Å². The van der Waals surface area contributed by atoms with Crippen LogP contribution in [0, 0.1) is 6.92 Å². The van der Waals surface area contributed by atoms with Crippen molar-refractivity contribution < 1.29 is 9.59 Å². The van der Waals surface area contributed by atoms with Crippen molar-refractivity contribution in [3.8, 4) is 11.3 Å². The third kappa shape index (κ3) is 4.05. The lowest BCUT2D eigenvalue weighted by molar-refractivity contribution is -0.119. The lowest BCUT2D eigenvalue weighted by Gasteiger charge is -2.20. The van der Waals surface area contributed by atoms with Crippen LogP contribution in [0.3, 0.4) is 0 Å². The van der Waals surface area contributed by atoms with Crippen molar-refractivity contribution in [2.45, 2.75) is 19.4 Å². The summed E-state index contributed by atoms with van der Waals surface area (Å²) in [5, 5.41) is 9.74. The van der Waals surface area contributed by atoms with Gasteiger partial charge in [0.25, 0.3) is 5.91 Å². The van der Waals surface area contributed by atoms with E-state index in [1.807, 2.05) is 49.4 Å². The monoisotopic (exact) mass is 439 g/mol. The van der Waals surface area contributed by atoms with Gasteiger partial charge < -0.3 is 5.73 Å². The number of hydrogen-bond donors (Lipinski definition) is 2. The molecule has 0 aliphatic carbocycles. The Morgan fingerprint density at radius 2 is 1.87 bits per heavy atom. The third-order valence-corrected chi connectivity index (χ3v) is 5.79. The number of carbonyl (C=O) groups is 2. The fourth-order valence-electron chi connectivity index (χ4n) is 3.18. The highest BCUT2D eigenvalue weighted by Crippen LogP contribution is 2.31. The second-order valence-corrected chi connectivity index (χ2v) is 8.37. The van der Waals surface area contributed by atoms with E-state index in [1.165, 1.54) is 16.3 Å². The average Bonchev–Trinajstić information content (AvgIpc) is 3.33. The van der Waals surface area contributed by atoms with Crippen LogP contribution in [0.25, 0.3) is 11.3 Å². The maximum absolute atomic E-state index is 12.8. The van der Waals surface area contributed by atoms with Gasteiger partial charge in [0.05, 0.1) is 11.4 Å². The summed E-state index contributed by atoms with van der Waals surface area (Å²) < 4.78 is 0. The molecule has 4 rings (SSSR count). The number of aromatic nitrogens is 1. The quantitative estimate of drug-likeness (QED) is 0.630. The minimum Gasteiger partial charge on any atom is -0.368 e. The van der Waals surface area contributed by atoms with Crippen molar-refractivity contribution in [1.29, 1.82) is 0 Å². The minimum atomic E-state index is -0.712. The van der Waals surface area contributed by atoms with Crippen molar-refractivity contribution in [1.82, 2.24) is 4.98 Å². The first-order chi connectivity index (χ1) is 14.4. The van der Waals surface area contributed by atoms with Gasteiger partial charge in [0.1, 0.15) is 11.8 Å². The predicted molar refractivity (Wildman–Crippen MR) is 120 cm³/mol. The summed E-state index contributed by atoms with van der Waals surface area (Å²) in [7, 11) is 0. The Bertz CT molecular complexity index is 1130. The molecule has 0 saturated carbocycles. The van der Waals surface area contributed by atoms with Gasteiger partial charge in [0.15, 0.2) is 5.13 Å². The normalized spacial score (nSPS) is 15.7. The maximum atomic E-state index is 12.8. The van der Waals surface area contributed by atoms with Crippen LogP contribution in [0.5, 0.6) is 0 Å². The number of hydrazone groups is 1. The van der Waals surface area contributed by atoms with Crippen LogP contribution in [0.4, 0.5) is 10.8 Å². The van der Waals surface area contributed by atoms with Gasteiger partial charge in [-0.2, -0.15) is 5.10 Å². The van der Waals surface area contributed by atoms with E-state index in [4.69, 9.17) is 17.3 Å². The molecule has 0 spiro atoms. The van der Waals surface area contributed by atoms with E-state index in [0.717, 1.165) is 16.1 Å². The summed E-state index contributed by atoms with van der Waals surface area (Å²) in [5.74, 6) is -0.948. The molecule has 1 aliphatic rings. The number of halogens is 1. The third-order valence-electron chi connectivity index (χ3n) is 4.66. The average molecular weight is 440 g/mol. The topological polar surface area (TPSA) is 101 Å². The second-order valence-electron chi connectivity index (χ2n) is 6.73. The van der Waals surface area contributed by atoms with E-state index in [-0.39, 0.29) is 12.1 Å². The molecule has 1 aliphatic heterocycles. The van der Waals surface area contributed by atoms with E-state index in [1.54, 1.807) is 12.1 Å². The molecule has 30 heavy (non-hydrogen) atoms. The Labute approximate surface area is 182 Å². The number of anilines is 2. The van der Waals surface area contributed by atoms with E-state index in [9.17, 15) is 9.59 Å². The molecule has 2 heterocycles. The zero-order chi connectivity index (χ0) is 21.3. The van der Waals surface area contributed by atoms with Crippen molar-refractivity contribution in [3.63, 3.8) is 0 Å². The number of para-hydroxylation sites is 1. The van der Waals surface area contributed by atoms with Crippen molar-refractivity contribution >= 4 is 51.3 Å². The van der Waals surface area contributed by atoms with Crippen LogP contribution in [0.15, 0.2) is 59.7 Å². The molecule has 0 radical (unpaired) electrons. The van der Waals surface area contributed by atoms with Gasteiger partial charge in [-0.25, -0.2) is 4.98 Å². The Morgan fingerprint density at radius 3 is 2.53 bits per heavy atom. The molecule has 0 bridgehead atoms. The lowest BCUT2D eigenvalue weighted by atomic mass is 10.1. The number of benzene rings is 2. The summed E-state index contributed by atoms with van der Waals surface area (Å²) in [5.41, 5.74) is 8.14. The predicted octanol–water partition coefficient (Wildman–Crippen LogP) is 3.83. The Morgan fingerprint density at radius 1 is 1.17 bits per heavy atom. The van der Waals surface area contributed by atoms with E-state index < -0.39 is 17.9 Å². The number of nitrogens with zero attached hydrogens (tertiary/aromatic N) is 3. The number of primary amides is 1. The SMILES string of the molecule is Cc1sc(NC(=O)C2=NN(c3ccccc3)C(C(N)=O)C2)nc1-c1ccc(Cl)cc1. The Balaban J connectivity index is 1.55. The fourth-order valence-corrected chi connectivity index (χ4v) is 4.14. The fraction of sp³-hybridized carbons (Fsp3) is 0.143. The van der Waals surface area contributed by atoms with Gasteiger partial charge in [-0.05, 0) is 31.2 Å². The Hall–Kier alpha value is -3.23. The molecule has 152 valence electrons. The molecule has 1 atom stereocenters. The molecular weight excluding hydrogens is 422 g/mol. The van der Waals surface area contributed by atoms with Gasteiger partial charge in [0, 0.05) is 21.9 Å². The highest BCUT2D eigenvalue weighted by atomic mass is 35.5. The summed E-state index contributed by atoms with van der Waals surface area (Å²) in [4.78, 5) is 30.2. The zero-order valence-electron chi connectivity index (χ0n) is 16.0. The summed E-state index contributed by atoms with van der Waals surface area (Å²) in [6.45, 7) is 1.94. The number of thiazole rings is 1. The van der Waals surface area contributed by atoms with Crippen LogP contribution in [0.1, 0.15) is 11.3 Å². The number of aryl methyl sites for hydroxylation is 1. The van der Waals surface area contributed by atoms with E-state index in [2.05, 4.69) is 15.4 Å². The first-order valence-corrected chi connectivity index (χ1v) is 10.4. The number of nitrogens with one attached hydrogen (secondary N) is 1. The van der Waals surface area contributed by atoms with Gasteiger partial charge >= 0.3 is 0 Å². The summed E-state index contributed by atoms with van der Waals surface area (Å²) in [6, 6.07) is 15.8. The summed E-state index contributed by atoms with van der Waals surface area (Å²) in [6.07, 6.45) is 0.129. The molecule has 0 saturated heterocycles. The van der Waals surface area contributed by atoms with Crippen LogP contribution >= 0.6 is 22.9 Å². The number of carbonyl (C=O) groups excluding carboxylic acids is 2. The highest BCUT2D eigenvalue weighted by molar-refractivity contribution is 7.16. The van der Waals surface area contributed by atoms with Crippen LogP contribution < -0.4 is 16.1 Å². The van der Waals surface area contributed by atoms with Crippen LogP contribution in [0.2, 0.25) is 5.02 Å². The number of hydrogen-bond acceptors (Lipinski definition) is 6. The first kappa shape index (κ1) is 20.1. The highest BCUT2D eigenvalue weighted by Gasteiger charge is 2.35. The molecule has 1 aromatic heterocycles. The van der Waals surface area contributed by atoms with Crippen molar-refractivity contribution in [3.05, 3.63) is 64.5 Å². The molecule has 1 unspecified atom stereocenters. The second kappa shape index (κ2) is 8.25. The van der Waals surface area contributed by atoms with Crippen LogP contribution in [-0.2, 0) is 9.59 Å². The molecule has 0 fully saturated rings. The number of amides is 2. The molecule has 3 aromatic rings. The molecule has 2 amide bonds. The van der Waals surface area contributed by atoms with Gasteiger partial charge in [-0.3, -0.25) is 19.9 Å². The van der Waals surface area contributed by atoms with E-state index in [0.29, 0.717) is 15.8 Å². The first-order valence-electron chi connectivity index (χ1n) is 9.18. The van der Waals surface area contributed by atoms with Gasteiger partial charge in [-0.1, -0.05) is 41.9 Å². The van der Waals surface area contributed by atoms with E-state index >= 15 is 0 Å². The molecule has 2 aromatic carbocycles. The maximum Gasteiger partial charge on any atom is 0.273 e. The zero-order valence-corrected chi connectivity index (χ0v) is 17.6. The number of nitrogens with two attached hydrogens (primary N) is 1. The molecule has 3 N–H and O–H groups in total. The van der Waals surface area contributed by atoms with Crippen molar-refractivity contribution in [2.24, 2.45) is 10.8 Å². The smallest absolute Gasteiger partial charge is 0.273 e. The molecule has 9 heteroatoms. The molecule has 7 nitrogen and oxygen atoms in total. The Kier molecular flexibility index (Phi) is 5.52. The van der Waals surface area contributed by atoms with Gasteiger partial charge in [0.2, 0.25) is 5.91 Å². The molecular formula is C21H18ClN5O2S. The standard InChI is InChI=1S/C21H18ClN5O2S/c1-12-18(13-7-9-14(22)10-8-13)24-21(30-12)25-20(29)16-11-17(19(23)28)27(26-16)15-5-3-2-4-6-15/h2-10,17H,11H2,1H3,(H2,23,28)(H,24,25,29). The van der Waals surface area contributed by atoms with Gasteiger partial charge in [-0.15, -0.1) is 11.3 Å². The summed E-state index contributed by atoms with van der Waals surface area (Å²) >= 11 is 7.32. The van der Waals surface area contributed by atoms with Crippen LogP contribution in [-0.4, -0.2) is 28.6 Å². The number of rotatable bonds is 5. The minimum absolute atomic E-state index is 0.129. The largest absolute Gasteiger partial charge is 0.368 e.